The molecule has 1 unspecified atom stereocenters. The molecule has 2 rings (SSSR count). The van der Waals surface area contributed by atoms with Crippen LogP contribution in [-0.2, 0) is 0 Å². The van der Waals surface area contributed by atoms with Gasteiger partial charge in [-0.3, -0.25) is 10.5 Å². The molecule has 0 radical (unpaired) electrons. The highest BCUT2D eigenvalue weighted by molar-refractivity contribution is 6.00. The standard InChI is InChI=1S/C8H10N4O/c1-4-2-5-6(10-3-4)11-8(9)12-7(5)13/h2-3,8H,9H2,1H3,(H,10,11)(H,12,13). The Kier molecular flexibility index (Phi) is 1.66. The van der Waals surface area contributed by atoms with Gasteiger partial charge in [-0.05, 0) is 18.6 Å². The van der Waals surface area contributed by atoms with E-state index in [2.05, 4.69) is 15.6 Å². The van der Waals surface area contributed by atoms with Crippen LogP contribution in [0.3, 0.4) is 0 Å². The lowest BCUT2D eigenvalue weighted by Crippen LogP contribution is -2.51. The highest BCUT2D eigenvalue weighted by Crippen LogP contribution is 2.16. The Bertz CT molecular complexity index is 363. The molecule has 68 valence electrons. The van der Waals surface area contributed by atoms with Crippen LogP contribution in [0.5, 0.6) is 0 Å². The molecule has 1 aliphatic rings. The van der Waals surface area contributed by atoms with Gasteiger partial charge in [0, 0.05) is 6.20 Å². The quantitative estimate of drug-likeness (QED) is 0.513. The second-order valence-electron chi connectivity index (χ2n) is 3.00. The number of aryl methyl sites for hydroxylation is 1. The fourth-order valence-corrected chi connectivity index (χ4v) is 1.26. The van der Waals surface area contributed by atoms with Crippen LogP contribution in [0.2, 0.25) is 0 Å². The van der Waals surface area contributed by atoms with E-state index in [-0.39, 0.29) is 5.91 Å². The van der Waals surface area contributed by atoms with Gasteiger partial charge in [0.15, 0.2) is 6.29 Å². The molecule has 0 aromatic carbocycles. The maximum absolute atomic E-state index is 11.4. The number of nitrogens with zero attached hydrogens (tertiary/aromatic N) is 1. The molecule has 1 aromatic rings. The first-order chi connectivity index (χ1) is 6.16. The molecule has 0 spiro atoms. The summed E-state index contributed by atoms with van der Waals surface area (Å²) >= 11 is 0. The molecule has 0 saturated carbocycles. The van der Waals surface area contributed by atoms with Crippen molar-refractivity contribution in [2.75, 3.05) is 5.32 Å². The largest absolute Gasteiger partial charge is 0.337 e. The topological polar surface area (TPSA) is 80.0 Å². The van der Waals surface area contributed by atoms with Gasteiger partial charge in [0.05, 0.1) is 5.56 Å². The van der Waals surface area contributed by atoms with Crippen molar-refractivity contribution in [1.82, 2.24) is 10.3 Å². The number of aromatic nitrogens is 1. The summed E-state index contributed by atoms with van der Waals surface area (Å²) < 4.78 is 0. The molecule has 1 aliphatic heterocycles. The minimum absolute atomic E-state index is 0.183. The summed E-state index contributed by atoms with van der Waals surface area (Å²) in [5.41, 5.74) is 6.99. The Labute approximate surface area is 75.3 Å². The number of anilines is 1. The Morgan fingerprint density at radius 2 is 2.31 bits per heavy atom. The van der Waals surface area contributed by atoms with E-state index < -0.39 is 6.29 Å². The van der Waals surface area contributed by atoms with Gasteiger partial charge in [0.25, 0.3) is 5.91 Å². The first-order valence-corrected chi connectivity index (χ1v) is 3.96. The number of nitrogens with two attached hydrogens (primary N) is 1. The van der Waals surface area contributed by atoms with Gasteiger partial charge in [-0.15, -0.1) is 0 Å². The number of carbonyl (C=O) groups excluding carboxylic acids is 1. The van der Waals surface area contributed by atoms with Crippen LogP contribution >= 0.6 is 0 Å². The third-order valence-electron chi connectivity index (χ3n) is 1.85. The van der Waals surface area contributed by atoms with Crippen molar-refractivity contribution in [3.05, 3.63) is 23.4 Å². The second kappa shape index (κ2) is 2.70. The van der Waals surface area contributed by atoms with E-state index in [4.69, 9.17) is 5.73 Å². The highest BCUT2D eigenvalue weighted by Gasteiger charge is 2.21. The van der Waals surface area contributed by atoms with Crippen molar-refractivity contribution < 1.29 is 4.79 Å². The molecule has 0 aliphatic carbocycles. The van der Waals surface area contributed by atoms with Crippen molar-refractivity contribution in [3.63, 3.8) is 0 Å². The smallest absolute Gasteiger partial charge is 0.257 e. The Morgan fingerprint density at radius 3 is 3.08 bits per heavy atom. The summed E-state index contributed by atoms with van der Waals surface area (Å²) in [6.45, 7) is 1.88. The Balaban J connectivity index is 2.49. The lowest BCUT2D eigenvalue weighted by atomic mass is 10.1. The molecule has 1 aromatic heterocycles. The number of hydrogen-bond acceptors (Lipinski definition) is 4. The minimum atomic E-state index is -0.546. The Hall–Kier alpha value is -1.62. The van der Waals surface area contributed by atoms with Gasteiger partial charge in [-0.25, -0.2) is 4.98 Å². The monoisotopic (exact) mass is 178 g/mol. The number of hydrogen-bond donors (Lipinski definition) is 3. The van der Waals surface area contributed by atoms with Gasteiger partial charge in [0.2, 0.25) is 0 Å². The molecule has 5 heteroatoms. The van der Waals surface area contributed by atoms with Crippen LogP contribution in [0.1, 0.15) is 15.9 Å². The molecule has 0 bridgehead atoms. The van der Waals surface area contributed by atoms with E-state index >= 15 is 0 Å². The summed E-state index contributed by atoms with van der Waals surface area (Å²) in [4.78, 5) is 15.4. The van der Waals surface area contributed by atoms with Crippen LogP contribution in [0, 0.1) is 6.92 Å². The zero-order valence-electron chi connectivity index (χ0n) is 7.16. The van der Waals surface area contributed by atoms with E-state index in [1.54, 1.807) is 12.3 Å². The average Bonchev–Trinajstić information content (AvgIpc) is 2.06. The second-order valence-corrected chi connectivity index (χ2v) is 3.00. The van der Waals surface area contributed by atoms with Gasteiger partial charge < -0.3 is 10.6 Å². The molecule has 13 heavy (non-hydrogen) atoms. The lowest BCUT2D eigenvalue weighted by Gasteiger charge is -2.23. The van der Waals surface area contributed by atoms with E-state index in [1.807, 2.05) is 6.92 Å². The number of pyridine rings is 1. The fraction of sp³-hybridized carbons (Fsp3) is 0.250. The van der Waals surface area contributed by atoms with E-state index in [0.717, 1.165) is 5.56 Å². The molecule has 5 nitrogen and oxygen atoms in total. The molecule has 2 heterocycles. The number of nitrogens with one attached hydrogen (secondary N) is 2. The summed E-state index contributed by atoms with van der Waals surface area (Å²) in [6.07, 6.45) is 1.15. The lowest BCUT2D eigenvalue weighted by molar-refractivity contribution is 0.0936. The van der Waals surface area contributed by atoms with E-state index in [1.165, 1.54) is 0 Å². The normalized spacial score (nSPS) is 20.2. The van der Waals surface area contributed by atoms with Crippen LogP contribution in [0.4, 0.5) is 5.82 Å². The maximum atomic E-state index is 11.4. The van der Waals surface area contributed by atoms with Crippen molar-refractivity contribution >= 4 is 11.7 Å². The van der Waals surface area contributed by atoms with Crippen molar-refractivity contribution in [1.29, 1.82) is 0 Å². The van der Waals surface area contributed by atoms with Gasteiger partial charge >= 0.3 is 0 Å². The number of amides is 1. The van der Waals surface area contributed by atoms with Crippen molar-refractivity contribution in [3.8, 4) is 0 Å². The fourth-order valence-electron chi connectivity index (χ4n) is 1.26. The van der Waals surface area contributed by atoms with E-state index in [9.17, 15) is 4.79 Å². The third-order valence-corrected chi connectivity index (χ3v) is 1.85. The zero-order chi connectivity index (χ0) is 9.42. The number of rotatable bonds is 0. The first-order valence-electron chi connectivity index (χ1n) is 3.96. The summed E-state index contributed by atoms with van der Waals surface area (Å²) in [7, 11) is 0. The first kappa shape index (κ1) is 8.00. The molecular weight excluding hydrogens is 168 g/mol. The predicted octanol–water partition coefficient (Wildman–Crippen LogP) is -0.212. The van der Waals surface area contributed by atoms with E-state index in [0.29, 0.717) is 11.4 Å². The Morgan fingerprint density at radius 1 is 1.54 bits per heavy atom. The SMILES string of the molecule is Cc1cnc2c(c1)C(=O)NC(N)N2. The molecule has 4 N–H and O–H groups in total. The summed E-state index contributed by atoms with van der Waals surface area (Å²) in [5, 5.41) is 5.40. The van der Waals surface area contributed by atoms with Gasteiger partial charge in [0.1, 0.15) is 5.82 Å². The number of carbonyl (C=O) groups is 1. The van der Waals surface area contributed by atoms with Crippen LogP contribution in [0.15, 0.2) is 12.3 Å². The molecule has 0 saturated heterocycles. The summed E-state index contributed by atoms with van der Waals surface area (Å²) in [5.74, 6) is 0.360. The maximum Gasteiger partial charge on any atom is 0.257 e. The molecule has 1 atom stereocenters. The van der Waals surface area contributed by atoms with Gasteiger partial charge in [-0.1, -0.05) is 0 Å². The third kappa shape index (κ3) is 1.33. The van der Waals surface area contributed by atoms with Crippen LogP contribution in [0.25, 0.3) is 0 Å². The molecular formula is C8H10N4O. The average molecular weight is 178 g/mol. The van der Waals surface area contributed by atoms with Crippen LogP contribution in [-0.4, -0.2) is 17.2 Å². The minimum Gasteiger partial charge on any atom is -0.337 e. The van der Waals surface area contributed by atoms with Gasteiger partial charge in [-0.2, -0.15) is 0 Å². The number of fused-ring (bicyclic) bond motifs is 1. The van der Waals surface area contributed by atoms with Crippen molar-refractivity contribution in [2.24, 2.45) is 5.73 Å². The predicted molar refractivity (Wildman–Crippen MR) is 48.0 cm³/mol. The zero-order valence-corrected chi connectivity index (χ0v) is 7.16. The van der Waals surface area contributed by atoms with Crippen LogP contribution < -0.4 is 16.4 Å². The summed E-state index contributed by atoms with van der Waals surface area (Å²) in [6, 6.07) is 1.77. The highest BCUT2D eigenvalue weighted by atomic mass is 16.2. The van der Waals surface area contributed by atoms with Crippen molar-refractivity contribution in [2.45, 2.75) is 13.2 Å². The molecule has 1 amide bonds. The molecule has 0 fully saturated rings.